The number of carbonyl (C=O) groups is 1. The summed E-state index contributed by atoms with van der Waals surface area (Å²) < 4.78 is 1.74. The number of phenols is 1. The molecule has 0 aliphatic carbocycles. The molecule has 2 nitrogen and oxygen atoms in total. The molecule has 4 heteroatoms. The van der Waals surface area contributed by atoms with Gasteiger partial charge in [-0.15, -0.1) is 0 Å². The molecule has 0 amide bonds. The zero-order valence-corrected chi connectivity index (χ0v) is 13.0. The number of hydrogen-bond donors (Lipinski definition) is 1. The number of rotatable bonds is 3. The van der Waals surface area contributed by atoms with Gasteiger partial charge >= 0.3 is 0 Å². The number of aromatic hydroxyl groups is 1. The summed E-state index contributed by atoms with van der Waals surface area (Å²) in [5.41, 5.74) is 1.20. The molecule has 1 N–H and O–H groups in total. The third-order valence-corrected chi connectivity index (χ3v) is 3.54. The van der Waals surface area contributed by atoms with Gasteiger partial charge in [-0.25, -0.2) is 0 Å². The quantitative estimate of drug-likeness (QED) is 0.611. The highest BCUT2D eigenvalue weighted by molar-refractivity contribution is 9.10. The van der Waals surface area contributed by atoms with Crippen LogP contribution in [-0.2, 0) is 0 Å². The van der Waals surface area contributed by atoms with E-state index in [4.69, 9.17) is 0 Å². The lowest BCUT2D eigenvalue weighted by Gasteiger charge is -2.01. The Morgan fingerprint density at radius 2 is 1.63 bits per heavy atom. The minimum Gasteiger partial charge on any atom is -0.507 e. The van der Waals surface area contributed by atoms with Gasteiger partial charge in [-0.3, -0.25) is 4.79 Å². The molecular formula is C15H10Br2O2. The predicted octanol–water partition coefficient (Wildman–Crippen LogP) is 4.81. The van der Waals surface area contributed by atoms with Crippen molar-refractivity contribution in [2.24, 2.45) is 0 Å². The van der Waals surface area contributed by atoms with Crippen LogP contribution in [0.5, 0.6) is 5.75 Å². The number of allylic oxidation sites excluding steroid dienone is 1. The molecule has 0 aliphatic heterocycles. The van der Waals surface area contributed by atoms with Gasteiger partial charge < -0.3 is 5.11 Å². The third kappa shape index (κ3) is 3.78. The fourth-order valence-electron chi connectivity index (χ4n) is 1.54. The van der Waals surface area contributed by atoms with Gasteiger partial charge in [0.05, 0.1) is 5.56 Å². The number of ketones is 1. The molecule has 2 aromatic rings. The van der Waals surface area contributed by atoms with Crippen LogP contribution in [0.4, 0.5) is 0 Å². The molecule has 0 atom stereocenters. The molecular weight excluding hydrogens is 372 g/mol. The highest BCUT2D eigenvalue weighted by Gasteiger charge is 2.08. The van der Waals surface area contributed by atoms with Crippen LogP contribution in [0, 0.1) is 0 Å². The minimum absolute atomic E-state index is 0.0198. The van der Waals surface area contributed by atoms with Crippen LogP contribution >= 0.6 is 31.9 Å². The van der Waals surface area contributed by atoms with Crippen molar-refractivity contribution in [3.05, 3.63) is 68.6 Å². The fourth-order valence-corrected chi connectivity index (χ4v) is 2.17. The summed E-state index contributed by atoms with van der Waals surface area (Å²) in [6.45, 7) is 0. The highest BCUT2D eigenvalue weighted by Crippen LogP contribution is 2.23. The SMILES string of the molecule is O=C(C=Cc1ccc(Br)cc1)c1cc(Br)ccc1O. The molecule has 0 spiro atoms. The second-order valence-electron chi connectivity index (χ2n) is 3.91. The topological polar surface area (TPSA) is 37.3 Å². The van der Waals surface area contributed by atoms with Crippen LogP contribution < -0.4 is 0 Å². The number of carbonyl (C=O) groups excluding carboxylic acids is 1. The van der Waals surface area contributed by atoms with E-state index < -0.39 is 0 Å². The second kappa shape index (κ2) is 6.17. The lowest BCUT2D eigenvalue weighted by atomic mass is 10.1. The first-order chi connectivity index (χ1) is 9.06. The Morgan fingerprint density at radius 1 is 1.00 bits per heavy atom. The smallest absolute Gasteiger partial charge is 0.189 e. The van der Waals surface area contributed by atoms with E-state index in [0.29, 0.717) is 0 Å². The molecule has 0 saturated heterocycles. The molecule has 0 unspecified atom stereocenters. The molecule has 0 bridgehead atoms. The van der Waals surface area contributed by atoms with Crippen molar-refractivity contribution in [1.29, 1.82) is 0 Å². The van der Waals surface area contributed by atoms with Gasteiger partial charge in [0.25, 0.3) is 0 Å². The van der Waals surface area contributed by atoms with Crippen LogP contribution in [0.1, 0.15) is 15.9 Å². The summed E-state index contributed by atoms with van der Waals surface area (Å²) in [5.74, 6) is -0.254. The molecule has 0 heterocycles. The number of phenolic OH excluding ortho intramolecular Hbond substituents is 1. The maximum Gasteiger partial charge on any atom is 0.189 e. The first-order valence-electron chi connectivity index (χ1n) is 5.53. The Labute approximate surface area is 128 Å². The van der Waals surface area contributed by atoms with E-state index in [0.717, 1.165) is 14.5 Å². The van der Waals surface area contributed by atoms with E-state index in [-0.39, 0.29) is 17.1 Å². The molecule has 0 radical (unpaired) electrons. The zero-order chi connectivity index (χ0) is 13.8. The van der Waals surface area contributed by atoms with Crippen molar-refractivity contribution in [3.8, 4) is 5.75 Å². The van der Waals surface area contributed by atoms with Crippen molar-refractivity contribution >= 4 is 43.7 Å². The summed E-state index contributed by atoms with van der Waals surface area (Å²) in [6.07, 6.45) is 3.17. The summed E-state index contributed by atoms with van der Waals surface area (Å²) in [7, 11) is 0. The van der Waals surface area contributed by atoms with E-state index in [2.05, 4.69) is 31.9 Å². The Bertz CT molecular complexity index is 631. The Kier molecular flexibility index (Phi) is 4.56. The summed E-state index contributed by atoms with van der Waals surface area (Å²) >= 11 is 6.63. The lowest BCUT2D eigenvalue weighted by molar-refractivity contribution is 0.104. The number of hydrogen-bond acceptors (Lipinski definition) is 2. The average molecular weight is 382 g/mol. The van der Waals surface area contributed by atoms with E-state index in [9.17, 15) is 9.90 Å². The van der Waals surface area contributed by atoms with Crippen LogP contribution in [0.15, 0.2) is 57.5 Å². The zero-order valence-electron chi connectivity index (χ0n) is 9.81. The van der Waals surface area contributed by atoms with Crippen LogP contribution in [0.2, 0.25) is 0 Å². The maximum atomic E-state index is 12.0. The van der Waals surface area contributed by atoms with E-state index >= 15 is 0 Å². The van der Waals surface area contributed by atoms with Crippen molar-refractivity contribution in [1.82, 2.24) is 0 Å². The molecule has 2 rings (SSSR count). The van der Waals surface area contributed by atoms with E-state index in [1.807, 2.05) is 24.3 Å². The maximum absolute atomic E-state index is 12.0. The molecule has 0 fully saturated rings. The summed E-state index contributed by atoms with van der Waals surface area (Å²) in [5, 5.41) is 9.66. The normalized spacial score (nSPS) is 10.8. The van der Waals surface area contributed by atoms with Crippen LogP contribution in [0.25, 0.3) is 6.08 Å². The van der Waals surface area contributed by atoms with Crippen molar-refractivity contribution in [2.45, 2.75) is 0 Å². The molecule has 0 saturated carbocycles. The molecule has 0 aliphatic rings. The van der Waals surface area contributed by atoms with Gasteiger partial charge in [0.15, 0.2) is 5.78 Å². The van der Waals surface area contributed by atoms with E-state index in [1.54, 1.807) is 18.2 Å². The fraction of sp³-hybridized carbons (Fsp3) is 0. The molecule has 2 aromatic carbocycles. The Hall–Kier alpha value is -1.39. The number of benzene rings is 2. The largest absolute Gasteiger partial charge is 0.507 e. The molecule has 19 heavy (non-hydrogen) atoms. The van der Waals surface area contributed by atoms with Crippen molar-refractivity contribution < 1.29 is 9.90 Å². The van der Waals surface area contributed by atoms with E-state index in [1.165, 1.54) is 12.1 Å². The first-order valence-corrected chi connectivity index (χ1v) is 7.11. The standard InChI is InChI=1S/C15H10Br2O2/c16-11-4-1-10(2-5-11)3-7-14(18)13-9-12(17)6-8-15(13)19/h1-9,19H. The van der Waals surface area contributed by atoms with Gasteiger partial charge in [-0.2, -0.15) is 0 Å². The van der Waals surface area contributed by atoms with Gasteiger partial charge in [0.1, 0.15) is 5.75 Å². The Balaban J connectivity index is 2.21. The van der Waals surface area contributed by atoms with Crippen LogP contribution in [0.3, 0.4) is 0 Å². The second-order valence-corrected chi connectivity index (χ2v) is 5.74. The summed E-state index contributed by atoms with van der Waals surface area (Å²) in [4.78, 5) is 12.0. The van der Waals surface area contributed by atoms with Gasteiger partial charge in [-0.05, 0) is 42.0 Å². The Morgan fingerprint density at radius 3 is 2.32 bits per heavy atom. The minimum atomic E-state index is -0.235. The van der Waals surface area contributed by atoms with Crippen molar-refractivity contribution in [3.63, 3.8) is 0 Å². The predicted molar refractivity (Wildman–Crippen MR) is 83.3 cm³/mol. The van der Waals surface area contributed by atoms with Crippen molar-refractivity contribution in [2.75, 3.05) is 0 Å². The monoisotopic (exact) mass is 380 g/mol. The average Bonchev–Trinajstić information content (AvgIpc) is 2.40. The van der Waals surface area contributed by atoms with Gasteiger partial charge in [-0.1, -0.05) is 50.1 Å². The molecule has 0 aromatic heterocycles. The van der Waals surface area contributed by atoms with Gasteiger partial charge in [0, 0.05) is 8.95 Å². The van der Waals surface area contributed by atoms with Crippen LogP contribution in [-0.4, -0.2) is 10.9 Å². The molecule has 96 valence electrons. The summed E-state index contributed by atoms with van der Waals surface area (Å²) in [6, 6.07) is 12.4. The lowest BCUT2D eigenvalue weighted by Crippen LogP contribution is -1.94. The van der Waals surface area contributed by atoms with Gasteiger partial charge in [0.2, 0.25) is 0 Å². The third-order valence-electron chi connectivity index (χ3n) is 2.52. The number of halogens is 2. The highest BCUT2D eigenvalue weighted by atomic mass is 79.9. The first kappa shape index (κ1) is 14.0.